The van der Waals surface area contributed by atoms with E-state index in [-0.39, 0.29) is 12.1 Å². The fourth-order valence-electron chi connectivity index (χ4n) is 10.8. The highest BCUT2D eigenvalue weighted by molar-refractivity contribution is 5.70. The molecule has 0 N–H and O–H groups in total. The minimum absolute atomic E-state index is 0.0137. The van der Waals surface area contributed by atoms with Crippen molar-refractivity contribution < 1.29 is 9.53 Å². The summed E-state index contributed by atoms with van der Waals surface area (Å²) in [6.07, 6.45) is 18.4. The lowest BCUT2D eigenvalue weighted by atomic mass is 9.47. The van der Waals surface area contributed by atoms with Gasteiger partial charge in [0.1, 0.15) is 6.10 Å². The third-order valence-electron chi connectivity index (χ3n) is 13.0. The number of hydrogen-bond donors (Lipinski definition) is 0. The smallest absolute Gasteiger partial charge is 0.306 e. The first-order valence-corrected chi connectivity index (χ1v) is 17.4. The van der Waals surface area contributed by atoms with Crippen molar-refractivity contribution in [3.05, 3.63) is 46.0 Å². The van der Waals surface area contributed by atoms with Crippen molar-refractivity contribution in [1.29, 1.82) is 0 Å². The van der Waals surface area contributed by atoms with E-state index in [1.165, 1.54) is 80.0 Å². The van der Waals surface area contributed by atoms with Crippen LogP contribution in [0.5, 0.6) is 0 Å². The van der Waals surface area contributed by atoms with E-state index in [2.05, 4.69) is 73.6 Å². The van der Waals surface area contributed by atoms with Gasteiger partial charge in [-0.15, -0.1) is 0 Å². The average molecular weight is 561 g/mol. The van der Waals surface area contributed by atoms with Gasteiger partial charge < -0.3 is 4.74 Å². The number of ether oxygens (including phenoxy) is 1. The molecule has 41 heavy (non-hydrogen) atoms. The fourth-order valence-corrected chi connectivity index (χ4v) is 10.8. The molecule has 0 saturated heterocycles. The van der Waals surface area contributed by atoms with Crippen LogP contribution < -0.4 is 0 Å². The van der Waals surface area contributed by atoms with Gasteiger partial charge in [-0.05, 0) is 135 Å². The Balaban J connectivity index is 1.19. The number of fused-ring (bicyclic) bond motifs is 5. The Morgan fingerprint density at radius 2 is 1.68 bits per heavy atom. The number of esters is 1. The second kappa shape index (κ2) is 12.2. The Kier molecular flexibility index (Phi) is 9.19. The topological polar surface area (TPSA) is 26.3 Å². The summed E-state index contributed by atoms with van der Waals surface area (Å²) in [5.74, 6) is 5.18. The zero-order valence-corrected chi connectivity index (χ0v) is 27.8. The van der Waals surface area contributed by atoms with Gasteiger partial charge >= 0.3 is 5.97 Å². The van der Waals surface area contributed by atoms with Gasteiger partial charge in [0.25, 0.3) is 0 Å². The van der Waals surface area contributed by atoms with Crippen LogP contribution in [0.25, 0.3) is 0 Å². The molecule has 0 radical (unpaired) electrons. The van der Waals surface area contributed by atoms with E-state index >= 15 is 0 Å². The van der Waals surface area contributed by atoms with Crippen molar-refractivity contribution in [1.82, 2.24) is 0 Å². The van der Waals surface area contributed by atoms with E-state index in [0.29, 0.717) is 17.3 Å². The molecule has 3 unspecified atom stereocenters. The van der Waals surface area contributed by atoms with Crippen molar-refractivity contribution in [3.63, 3.8) is 0 Å². The van der Waals surface area contributed by atoms with Gasteiger partial charge in [0, 0.05) is 12.8 Å². The highest BCUT2D eigenvalue weighted by Crippen LogP contribution is 2.67. The number of rotatable bonds is 9. The van der Waals surface area contributed by atoms with E-state index in [9.17, 15) is 4.79 Å². The molecule has 8 atom stereocenters. The second-order valence-corrected chi connectivity index (χ2v) is 16.0. The summed E-state index contributed by atoms with van der Waals surface area (Å²) in [7, 11) is 0. The second-order valence-electron chi connectivity index (χ2n) is 16.0. The first kappa shape index (κ1) is 30.9. The first-order valence-electron chi connectivity index (χ1n) is 17.4. The van der Waals surface area contributed by atoms with Crippen molar-refractivity contribution in [2.24, 2.45) is 46.3 Å². The Labute approximate surface area is 252 Å². The molecule has 0 heterocycles. The van der Waals surface area contributed by atoms with Crippen molar-refractivity contribution in [2.75, 3.05) is 0 Å². The average Bonchev–Trinajstić information content (AvgIpc) is 3.25. The first-order chi connectivity index (χ1) is 19.4. The number of allylic oxidation sites excluding steroid dienone is 1. The Morgan fingerprint density at radius 1 is 0.951 bits per heavy atom. The summed E-state index contributed by atoms with van der Waals surface area (Å²) in [4.78, 5) is 12.9. The highest BCUT2D eigenvalue weighted by Gasteiger charge is 2.59. The van der Waals surface area contributed by atoms with Gasteiger partial charge in [-0.3, -0.25) is 4.79 Å². The van der Waals surface area contributed by atoms with Crippen LogP contribution in [0, 0.1) is 67.1 Å². The van der Waals surface area contributed by atoms with E-state index < -0.39 is 0 Å². The molecular weight excluding hydrogens is 500 g/mol. The van der Waals surface area contributed by atoms with Crippen LogP contribution in [-0.4, -0.2) is 12.1 Å². The van der Waals surface area contributed by atoms with Crippen molar-refractivity contribution in [2.45, 2.75) is 145 Å². The summed E-state index contributed by atoms with van der Waals surface area (Å²) < 4.78 is 6.14. The molecule has 2 heteroatoms. The van der Waals surface area contributed by atoms with E-state index in [4.69, 9.17) is 4.74 Å². The molecule has 4 aliphatic carbocycles. The molecule has 3 fully saturated rings. The fraction of sp³-hybridized carbons (Fsp3) is 0.769. The summed E-state index contributed by atoms with van der Waals surface area (Å²) in [6.45, 7) is 19.1. The van der Waals surface area contributed by atoms with E-state index in [1.807, 2.05) is 0 Å². The zero-order valence-electron chi connectivity index (χ0n) is 27.8. The SMILES string of the molecule is Cc1cc(C)c(CCC(=O)O[C@H]2CC[C@@]3(C)C(=CCC4C3CC[C@@]3(C)C4CC[C@@H]3[C@H](C)CCCC(C)C)C2)c(C)c1. The lowest BCUT2D eigenvalue weighted by Gasteiger charge is -2.58. The Bertz CT molecular complexity index is 1110. The van der Waals surface area contributed by atoms with Gasteiger partial charge in [0.15, 0.2) is 0 Å². The summed E-state index contributed by atoms with van der Waals surface area (Å²) in [5.41, 5.74) is 7.67. The molecule has 3 saturated carbocycles. The molecular formula is C39H60O2. The summed E-state index contributed by atoms with van der Waals surface area (Å²) in [6, 6.07) is 4.46. The van der Waals surface area contributed by atoms with Gasteiger partial charge in [-0.2, -0.15) is 0 Å². The van der Waals surface area contributed by atoms with E-state index in [1.54, 1.807) is 5.57 Å². The molecule has 0 aromatic heterocycles. The third kappa shape index (κ3) is 6.10. The van der Waals surface area contributed by atoms with Crippen molar-refractivity contribution >= 4 is 5.97 Å². The predicted molar refractivity (Wildman–Crippen MR) is 172 cm³/mol. The molecule has 2 nitrogen and oxygen atoms in total. The quantitative estimate of drug-likeness (QED) is 0.222. The largest absolute Gasteiger partial charge is 0.462 e. The predicted octanol–water partition coefficient (Wildman–Crippen LogP) is 10.5. The number of hydrogen-bond acceptors (Lipinski definition) is 2. The Hall–Kier alpha value is -1.57. The van der Waals surface area contributed by atoms with Crippen molar-refractivity contribution in [3.8, 4) is 0 Å². The van der Waals surface area contributed by atoms with E-state index in [0.717, 1.165) is 54.8 Å². The minimum Gasteiger partial charge on any atom is -0.462 e. The molecule has 1 aromatic carbocycles. The maximum atomic E-state index is 12.9. The maximum Gasteiger partial charge on any atom is 0.306 e. The lowest BCUT2D eigenvalue weighted by Crippen LogP contribution is -2.51. The normalized spacial score (nSPS) is 35.3. The standard InChI is InChI=1S/C39H60O2/c1-25(2)10-9-11-27(4)34-15-16-35-33-13-12-30-24-31(18-20-38(30,7)36(33)19-21-39(34,35)8)41-37(40)17-14-32-28(5)22-26(3)23-29(32)6/h12,22-23,25,27,31,33-36H,9-11,13-21,24H2,1-8H3/t27-,31+,33?,34-,35?,36?,38+,39-/m1/s1. The molecule has 0 bridgehead atoms. The number of benzene rings is 1. The molecule has 228 valence electrons. The maximum absolute atomic E-state index is 12.9. The van der Waals surface area contributed by atoms with Crippen LogP contribution in [-0.2, 0) is 16.0 Å². The van der Waals surface area contributed by atoms with Gasteiger partial charge in [0.05, 0.1) is 0 Å². The van der Waals surface area contributed by atoms with Gasteiger partial charge in [0.2, 0.25) is 0 Å². The van der Waals surface area contributed by atoms with Crippen LogP contribution in [0.15, 0.2) is 23.8 Å². The minimum atomic E-state index is -0.0137. The van der Waals surface area contributed by atoms with Gasteiger partial charge in [-0.25, -0.2) is 0 Å². The summed E-state index contributed by atoms with van der Waals surface area (Å²) >= 11 is 0. The van der Waals surface area contributed by atoms with Crippen LogP contribution in [0.1, 0.15) is 134 Å². The molecule has 0 spiro atoms. The zero-order chi connectivity index (χ0) is 29.5. The molecule has 0 aliphatic heterocycles. The monoisotopic (exact) mass is 560 g/mol. The third-order valence-corrected chi connectivity index (χ3v) is 13.0. The Morgan fingerprint density at radius 3 is 2.39 bits per heavy atom. The number of aryl methyl sites for hydroxylation is 3. The molecule has 4 aliphatic rings. The number of carbonyl (C=O) groups is 1. The summed E-state index contributed by atoms with van der Waals surface area (Å²) in [5, 5.41) is 0. The molecule has 0 amide bonds. The van der Waals surface area contributed by atoms with Crippen LogP contribution in [0.3, 0.4) is 0 Å². The van der Waals surface area contributed by atoms with Crippen LogP contribution >= 0.6 is 0 Å². The highest BCUT2D eigenvalue weighted by atomic mass is 16.5. The van der Waals surface area contributed by atoms with Crippen LogP contribution in [0.2, 0.25) is 0 Å². The number of carbonyl (C=O) groups excluding carboxylic acids is 1. The lowest BCUT2D eigenvalue weighted by molar-refractivity contribution is -0.151. The van der Waals surface area contributed by atoms with Gasteiger partial charge in [-0.1, -0.05) is 83.2 Å². The molecule has 5 rings (SSSR count). The molecule has 1 aromatic rings. The van der Waals surface area contributed by atoms with Crippen LogP contribution in [0.4, 0.5) is 0 Å².